The molecule has 1 aliphatic carbocycles. The Hall–Kier alpha value is -3.11. The number of rotatable bonds is 7. The average Bonchev–Trinajstić information content (AvgIpc) is 3.37. The number of likely N-dealkylation sites (tertiary alicyclic amines) is 1. The molecule has 3 aromatic rings. The second-order valence-electron chi connectivity index (χ2n) is 8.52. The van der Waals surface area contributed by atoms with Crippen molar-refractivity contribution in [3.05, 3.63) is 89.1 Å². The van der Waals surface area contributed by atoms with Gasteiger partial charge in [-0.25, -0.2) is 4.98 Å². The first kappa shape index (κ1) is 20.8. The fourth-order valence-corrected chi connectivity index (χ4v) is 4.85. The highest BCUT2D eigenvalue weighted by atomic mass is 16.5. The van der Waals surface area contributed by atoms with Gasteiger partial charge in [-0.2, -0.15) is 0 Å². The molecule has 4 heteroatoms. The Balaban J connectivity index is 1.44. The molecule has 0 radical (unpaired) electrons. The first-order chi connectivity index (χ1) is 15.8. The molecule has 2 aliphatic rings. The molecule has 0 spiro atoms. The molecule has 0 atom stereocenters. The van der Waals surface area contributed by atoms with E-state index < -0.39 is 0 Å². The normalized spacial score (nSPS) is 16.2. The van der Waals surface area contributed by atoms with Gasteiger partial charge in [-0.1, -0.05) is 36.4 Å². The Labute approximate surface area is 190 Å². The molecule has 1 fully saturated rings. The van der Waals surface area contributed by atoms with Gasteiger partial charge in [0.05, 0.1) is 7.11 Å². The number of hydrogen-bond acceptors (Lipinski definition) is 4. The molecule has 1 aromatic heterocycles. The minimum Gasteiger partial charge on any atom is -0.497 e. The number of fused-ring (bicyclic) bond motifs is 1. The summed E-state index contributed by atoms with van der Waals surface area (Å²) in [5, 5.41) is 0. The summed E-state index contributed by atoms with van der Waals surface area (Å²) >= 11 is 0. The van der Waals surface area contributed by atoms with Crippen LogP contribution in [0.1, 0.15) is 41.5 Å². The van der Waals surface area contributed by atoms with Crippen molar-refractivity contribution >= 4 is 11.1 Å². The average molecular weight is 427 g/mol. The first-order valence-electron chi connectivity index (χ1n) is 11.6. The molecule has 5 rings (SSSR count). The summed E-state index contributed by atoms with van der Waals surface area (Å²) in [7, 11) is 1.73. The lowest BCUT2D eigenvalue weighted by molar-refractivity contribution is 0.232. The number of hydrogen-bond donors (Lipinski definition) is 0. The van der Waals surface area contributed by atoms with Crippen molar-refractivity contribution < 1.29 is 9.47 Å². The van der Waals surface area contributed by atoms with E-state index in [0.29, 0.717) is 12.5 Å². The van der Waals surface area contributed by atoms with Crippen molar-refractivity contribution in [2.45, 2.75) is 25.7 Å². The third kappa shape index (κ3) is 4.42. The van der Waals surface area contributed by atoms with Crippen LogP contribution < -0.4 is 9.47 Å². The Morgan fingerprint density at radius 3 is 2.50 bits per heavy atom. The van der Waals surface area contributed by atoms with Crippen LogP contribution in [-0.2, 0) is 6.42 Å². The van der Waals surface area contributed by atoms with Crippen molar-refractivity contribution in [2.24, 2.45) is 0 Å². The minimum atomic E-state index is 0.687. The van der Waals surface area contributed by atoms with Crippen LogP contribution in [0.2, 0.25) is 0 Å². The van der Waals surface area contributed by atoms with Gasteiger partial charge in [0.25, 0.3) is 0 Å². The van der Waals surface area contributed by atoms with Crippen LogP contribution in [0.25, 0.3) is 11.1 Å². The quantitative estimate of drug-likeness (QED) is 0.502. The maximum atomic E-state index is 5.94. The third-order valence-corrected chi connectivity index (χ3v) is 6.53. The maximum absolute atomic E-state index is 5.94. The van der Waals surface area contributed by atoms with E-state index >= 15 is 0 Å². The van der Waals surface area contributed by atoms with Crippen molar-refractivity contribution in [1.82, 2.24) is 9.88 Å². The summed E-state index contributed by atoms with van der Waals surface area (Å²) < 4.78 is 11.4. The molecule has 2 heterocycles. The molecule has 0 amide bonds. The fraction of sp³-hybridized carbons (Fsp3) is 0.321. The molecular weight excluding hydrogens is 396 g/mol. The highest BCUT2D eigenvalue weighted by Gasteiger charge is 2.22. The highest BCUT2D eigenvalue weighted by Crippen LogP contribution is 2.41. The Morgan fingerprint density at radius 1 is 0.906 bits per heavy atom. The topological polar surface area (TPSA) is 34.6 Å². The Kier molecular flexibility index (Phi) is 6.22. The molecule has 0 N–H and O–H groups in total. The van der Waals surface area contributed by atoms with E-state index in [9.17, 15) is 0 Å². The highest BCUT2D eigenvalue weighted by molar-refractivity contribution is 6.00. The summed E-state index contributed by atoms with van der Waals surface area (Å²) in [6.07, 6.45) is 6.57. The van der Waals surface area contributed by atoms with Crippen LogP contribution in [0.5, 0.6) is 11.6 Å². The second-order valence-corrected chi connectivity index (χ2v) is 8.52. The molecule has 2 aromatic carbocycles. The third-order valence-electron chi connectivity index (χ3n) is 6.53. The number of nitrogens with zero attached hydrogens (tertiary/aromatic N) is 2. The van der Waals surface area contributed by atoms with Gasteiger partial charge in [-0.05, 0) is 84.8 Å². The number of pyridine rings is 1. The van der Waals surface area contributed by atoms with Crippen LogP contribution >= 0.6 is 0 Å². The van der Waals surface area contributed by atoms with E-state index in [1.165, 1.54) is 53.8 Å². The molecule has 4 nitrogen and oxygen atoms in total. The van der Waals surface area contributed by atoms with Gasteiger partial charge in [-0.15, -0.1) is 0 Å². The lowest BCUT2D eigenvalue weighted by Gasteiger charge is -2.25. The number of ether oxygens (including phenoxy) is 2. The summed E-state index contributed by atoms with van der Waals surface area (Å²) in [6.45, 7) is 4.04. The Bertz CT molecular complexity index is 1080. The smallest absolute Gasteiger partial charge is 0.213 e. The van der Waals surface area contributed by atoms with Gasteiger partial charge in [-0.3, -0.25) is 4.90 Å². The number of aryl methyl sites for hydroxylation is 1. The fourth-order valence-electron chi connectivity index (χ4n) is 4.85. The summed E-state index contributed by atoms with van der Waals surface area (Å²) in [6, 6.07) is 21.3. The molecule has 0 unspecified atom stereocenters. The molecule has 0 saturated carbocycles. The van der Waals surface area contributed by atoms with E-state index in [1.807, 2.05) is 12.3 Å². The van der Waals surface area contributed by atoms with Crippen LogP contribution in [0.15, 0.2) is 66.9 Å². The van der Waals surface area contributed by atoms with E-state index in [4.69, 9.17) is 9.47 Å². The predicted octanol–water partition coefficient (Wildman–Crippen LogP) is 5.47. The van der Waals surface area contributed by atoms with Gasteiger partial charge >= 0.3 is 0 Å². The molecule has 32 heavy (non-hydrogen) atoms. The van der Waals surface area contributed by atoms with Crippen molar-refractivity contribution in [3.63, 3.8) is 0 Å². The SMILES string of the molecule is COc1ccc2c(c1)CCC(c1ccccc1)=C2c1ccc(OCCN2CCCC2)nc1. The molecule has 0 bridgehead atoms. The van der Waals surface area contributed by atoms with E-state index in [-0.39, 0.29) is 0 Å². The first-order valence-corrected chi connectivity index (χ1v) is 11.6. The molecule has 1 aliphatic heterocycles. The van der Waals surface area contributed by atoms with Gasteiger partial charge < -0.3 is 9.47 Å². The van der Waals surface area contributed by atoms with E-state index in [0.717, 1.165) is 30.7 Å². The maximum Gasteiger partial charge on any atom is 0.213 e. The lowest BCUT2D eigenvalue weighted by Crippen LogP contribution is -2.25. The van der Waals surface area contributed by atoms with Gasteiger partial charge in [0.15, 0.2) is 0 Å². The van der Waals surface area contributed by atoms with Gasteiger partial charge in [0, 0.05) is 24.4 Å². The number of aromatic nitrogens is 1. The van der Waals surface area contributed by atoms with Crippen LogP contribution in [-0.4, -0.2) is 43.2 Å². The van der Waals surface area contributed by atoms with Crippen LogP contribution in [0.3, 0.4) is 0 Å². The van der Waals surface area contributed by atoms with E-state index in [1.54, 1.807) is 7.11 Å². The second kappa shape index (κ2) is 9.58. The standard InChI is InChI=1S/C28H30N2O2/c1-31-24-11-13-26-22(19-24)9-12-25(21-7-3-2-4-8-21)28(26)23-10-14-27(29-20-23)32-18-17-30-15-5-6-16-30/h2-4,7-8,10-11,13-14,19-20H,5-6,9,12,15-18H2,1H3. The lowest BCUT2D eigenvalue weighted by atomic mass is 9.80. The molecular formula is C28H30N2O2. The van der Waals surface area contributed by atoms with Crippen molar-refractivity contribution in [1.29, 1.82) is 0 Å². The van der Waals surface area contributed by atoms with Crippen LogP contribution in [0, 0.1) is 0 Å². The monoisotopic (exact) mass is 426 g/mol. The zero-order valence-electron chi connectivity index (χ0n) is 18.7. The summed E-state index contributed by atoms with van der Waals surface area (Å²) in [4.78, 5) is 7.11. The number of allylic oxidation sites excluding steroid dienone is 1. The summed E-state index contributed by atoms with van der Waals surface area (Å²) in [5.41, 5.74) is 7.62. The minimum absolute atomic E-state index is 0.687. The van der Waals surface area contributed by atoms with Gasteiger partial charge in [0.1, 0.15) is 12.4 Å². The molecule has 1 saturated heterocycles. The van der Waals surface area contributed by atoms with Crippen molar-refractivity contribution in [2.75, 3.05) is 33.4 Å². The number of benzene rings is 2. The van der Waals surface area contributed by atoms with Crippen molar-refractivity contribution in [3.8, 4) is 11.6 Å². The zero-order chi connectivity index (χ0) is 21.8. The molecule has 164 valence electrons. The van der Waals surface area contributed by atoms with Gasteiger partial charge in [0.2, 0.25) is 5.88 Å². The summed E-state index contributed by atoms with van der Waals surface area (Å²) in [5.74, 6) is 1.60. The van der Waals surface area contributed by atoms with E-state index in [2.05, 4.69) is 64.5 Å². The number of methoxy groups -OCH3 is 1. The predicted molar refractivity (Wildman–Crippen MR) is 129 cm³/mol. The largest absolute Gasteiger partial charge is 0.497 e. The van der Waals surface area contributed by atoms with Crippen LogP contribution in [0.4, 0.5) is 0 Å². The zero-order valence-corrected chi connectivity index (χ0v) is 18.7. The Morgan fingerprint density at radius 2 is 1.75 bits per heavy atom.